The lowest BCUT2D eigenvalue weighted by atomic mass is 10.3. The van der Waals surface area contributed by atoms with E-state index in [0.29, 0.717) is 11.7 Å². The number of rotatable bonds is 8. The van der Waals surface area contributed by atoms with Gasteiger partial charge in [0.05, 0.1) is 10.7 Å². The number of carbonyl (C=O) groups excluding carboxylic acids is 1. The van der Waals surface area contributed by atoms with Gasteiger partial charge in [-0.25, -0.2) is 0 Å². The van der Waals surface area contributed by atoms with Crippen molar-refractivity contribution in [3.05, 3.63) is 34.4 Å². The molecule has 0 saturated heterocycles. The van der Waals surface area contributed by atoms with Gasteiger partial charge in [0, 0.05) is 30.1 Å². The number of non-ortho nitro benzene ring substituents is 1. The molecule has 114 valence electrons. The van der Waals surface area contributed by atoms with Crippen molar-refractivity contribution in [2.45, 2.75) is 31.1 Å². The van der Waals surface area contributed by atoms with Crippen molar-refractivity contribution in [1.29, 1.82) is 0 Å². The highest BCUT2D eigenvalue weighted by Gasteiger charge is 2.26. The molecule has 0 spiro atoms. The molecule has 2 rings (SSSR count). The third kappa shape index (κ3) is 5.04. The molecule has 0 radical (unpaired) electrons. The fraction of sp³-hybridized carbons (Fsp3) is 0.533. The average Bonchev–Trinajstić information content (AvgIpc) is 3.28. The van der Waals surface area contributed by atoms with E-state index < -0.39 is 4.92 Å². The van der Waals surface area contributed by atoms with Crippen LogP contribution in [0.3, 0.4) is 0 Å². The van der Waals surface area contributed by atoms with Crippen molar-refractivity contribution >= 4 is 23.4 Å². The Morgan fingerprint density at radius 2 is 2.05 bits per heavy atom. The van der Waals surface area contributed by atoms with Gasteiger partial charge in [-0.05, 0) is 37.3 Å². The standard InChI is InChI=1S/C15H20N2O3S/c1-2-9-16(10-12-3-4-12)15(18)11-21-14-7-5-13(6-8-14)17(19)20/h5-8,12H,2-4,9-11H2,1H3. The number of benzene rings is 1. The zero-order chi connectivity index (χ0) is 15.2. The van der Waals surface area contributed by atoms with Crippen LogP contribution in [-0.4, -0.2) is 34.6 Å². The van der Waals surface area contributed by atoms with Gasteiger partial charge in [0.15, 0.2) is 0 Å². The SMILES string of the molecule is CCCN(CC1CC1)C(=O)CSc1ccc([N+](=O)[O-])cc1. The molecule has 0 bridgehead atoms. The van der Waals surface area contributed by atoms with Gasteiger partial charge in [-0.2, -0.15) is 0 Å². The van der Waals surface area contributed by atoms with E-state index in [9.17, 15) is 14.9 Å². The normalized spacial score (nSPS) is 14.0. The number of amides is 1. The van der Waals surface area contributed by atoms with E-state index in [1.807, 2.05) is 4.90 Å². The van der Waals surface area contributed by atoms with Gasteiger partial charge in [-0.3, -0.25) is 14.9 Å². The van der Waals surface area contributed by atoms with Gasteiger partial charge in [0.2, 0.25) is 5.91 Å². The fourth-order valence-electron chi connectivity index (χ4n) is 2.10. The first-order valence-electron chi connectivity index (χ1n) is 7.25. The summed E-state index contributed by atoms with van der Waals surface area (Å²) >= 11 is 1.44. The Bertz CT molecular complexity index is 500. The number of nitro benzene ring substituents is 1. The predicted molar refractivity (Wildman–Crippen MR) is 83.4 cm³/mol. The second-order valence-electron chi connectivity index (χ2n) is 5.32. The van der Waals surface area contributed by atoms with Crippen LogP contribution < -0.4 is 0 Å². The molecule has 1 aliphatic rings. The van der Waals surface area contributed by atoms with Crippen LogP contribution in [-0.2, 0) is 4.79 Å². The molecule has 0 N–H and O–H groups in total. The first kappa shape index (κ1) is 15.8. The van der Waals surface area contributed by atoms with E-state index in [1.54, 1.807) is 12.1 Å². The van der Waals surface area contributed by atoms with Gasteiger partial charge in [0.25, 0.3) is 5.69 Å². The quantitative estimate of drug-likeness (QED) is 0.420. The smallest absolute Gasteiger partial charge is 0.269 e. The minimum Gasteiger partial charge on any atom is -0.342 e. The molecule has 6 heteroatoms. The Hall–Kier alpha value is -1.56. The molecule has 0 heterocycles. The summed E-state index contributed by atoms with van der Waals surface area (Å²) in [6.45, 7) is 3.78. The van der Waals surface area contributed by atoms with Crippen LogP contribution in [0, 0.1) is 16.0 Å². The monoisotopic (exact) mass is 308 g/mol. The third-order valence-electron chi connectivity index (χ3n) is 3.43. The first-order chi connectivity index (χ1) is 10.1. The highest BCUT2D eigenvalue weighted by atomic mass is 32.2. The van der Waals surface area contributed by atoms with Crippen LogP contribution in [0.5, 0.6) is 0 Å². The van der Waals surface area contributed by atoms with E-state index in [1.165, 1.54) is 36.7 Å². The highest BCUT2D eigenvalue weighted by molar-refractivity contribution is 8.00. The highest BCUT2D eigenvalue weighted by Crippen LogP contribution is 2.30. The Morgan fingerprint density at radius 1 is 1.38 bits per heavy atom. The van der Waals surface area contributed by atoms with E-state index in [0.717, 1.165) is 24.4 Å². The summed E-state index contributed by atoms with van der Waals surface area (Å²) in [5, 5.41) is 10.6. The van der Waals surface area contributed by atoms with Crippen LogP contribution in [0.2, 0.25) is 0 Å². The molecule has 1 aromatic carbocycles. The van der Waals surface area contributed by atoms with Crippen LogP contribution >= 0.6 is 11.8 Å². The minimum atomic E-state index is -0.418. The van der Waals surface area contributed by atoms with Crippen LogP contribution in [0.15, 0.2) is 29.2 Å². The van der Waals surface area contributed by atoms with Crippen molar-refractivity contribution < 1.29 is 9.72 Å². The van der Waals surface area contributed by atoms with E-state index in [4.69, 9.17) is 0 Å². The van der Waals surface area contributed by atoms with Crippen LogP contribution in [0.25, 0.3) is 0 Å². The van der Waals surface area contributed by atoms with Crippen molar-refractivity contribution in [2.75, 3.05) is 18.8 Å². The first-order valence-corrected chi connectivity index (χ1v) is 8.23. The van der Waals surface area contributed by atoms with Gasteiger partial charge in [-0.15, -0.1) is 11.8 Å². The van der Waals surface area contributed by atoms with E-state index in [-0.39, 0.29) is 11.6 Å². The summed E-state index contributed by atoms with van der Waals surface area (Å²) in [5.41, 5.74) is 0.0759. The van der Waals surface area contributed by atoms with Crippen LogP contribution in [0.1, 0.15) is 26.2 Å². The lowest BCUT2D eigenvalue weighted by Crippen LogP contribution is -2.34. The van der Waals surface area contributed by atoms with Crippen LogP contribution in [0.4, 0.5) is 5.69 Å². The van der Waals surface area contributed by atoms with Crippen molar-refractivity contribution in [2.24, 2.45) is 5.92 Å². The summed E-state index contributed by atoms with van der Waals surface area (Å²) in [7, 11) is 0. The van der Waals surface area contributed by atoms with Crippen molar-refractivity contribution in [3.63, 3.8) is 0 Å². The summed E-state index contributed by atoms with van der Waals surface area (Å²) in [5.74, 6) is 1.25. The van der Waals surface area contributed by atoms with Crippen molar-refractivity contribution in [3.8, 4) is 0 Å². The van der Waals surface area contributed by atoms with Gasteiger partial charge >= 0.3 is 0 Å². The number of nitrogens with zero attached hydrogens (tertiary/aromatic N) is 2. The largest absolute Gasteiger partial charge is 0.342 e. The molecule has 0 aliphatic heterocycles. The zero-order valence-corrected chi connectivity index (χ0v) is 13.0. The number of hydrogen-bond acceptors (Lipinski definition) is 4. The molecule has 1 amide bonds. The molecule has 1 aromatic rings. The molecular formula is C15H20N2O3S. The lowest BCUT2D eigenvalue weighted by molar-refractivity contribution is -0.384. The Morgan fingerprint density at radius 3 is 2.57 bits per heavy atom. The molecule has 1 aliphatic carbocycles. The molecule has 21 heavy (non-hydrogen) atoms. The maximum atomic E-state index is 12.2. The minimum absolute atomic E-state index is 0.0759. The summed E-state index contributed by atoms with van der Waals surface area (Å²) in [6.07, 6.45) is 3.45. The lowest BCUT2D eigenvalue weighted by Gasteiger charge is -2.21. The fourth-order valence-corrected chi connectivity index (χ4v) is 2.90. The molecule has 1 fully saturated rings. The van der Waals surface area contributed by atoms with E-state index >= 15 is 0 Å². The van der Waals surface area contributed by atoms with Gasteiger partial charge in [-0.1, -0.05) is 6.92 Å². The van der Waals surface area contributed by atoms with Crippen molar-refractivity contribution in [1.82, 2.24) is 4.90 Å². The summed E-state index contributed by atoms with van der Waals surface area (Å²) < 4.78 is 0. The summed E-state index contributed by atoms with van der Waals surface area (Å²) in [4.78, 5) is 25.2. The molecule has 0 aromatic heterocycles. The number of carbonyl (C=O) groups is 1. The molecular weight excluding hydrogens is 288 g/mol. The Labute approximate surface area is 128 Å². The number of nitro groups is 1. The zero-order valence-electron chi connectivity index (χ0n) is 12.2. The van der Waals surface area contributed by atoms with E-state index in [2.05, 4.69) is 6.92 Å². The summed E-state index contributed by atoms with van der Waals surface area (Å²) in [6, 6.07) is 6.34. The predicted octanol–water partition coefficient (Wildman–Crippen LogP) is 3.34. The topological polar surface area (TPSA) is 63.5 Å². The second kappa shape index (κ2) is 7.45. The number of hydrogen-bond donors (Lipinski definition) is 0. The molecule has 0 unspecified atom stereocenters. The maximum absolute atomic E-state index is 12.2. The van der Waals surface area contributed by atoms with Gasteiger partial charge < -0.3 is 4.90 Å². The second-order valence-corrected chi connectivity index (χ2v) is 6.37. The Kier molecular flexibility index (Phi) is 5.61. The molecule has 1 saturated carbocycles. The average molecular weight is 308 g/mol. The van der Waals surface area contributed by atoms with Gasteiger partial charge in [0.1, 0.15) is 0 Å². The Balaban J connectivity index is 1.84. The molecule has 0 atom stereocenters. The third-order valence-corrected chi connectivity index (χ3v) is 4.43. The molecule has 5 nitrogen and oxygen atoms in total. The number of thioether (sulfide) groups is 1. The maximum Gasteiger partial charge on any atom is 0.269 e.